The van der Waals surface area contributed by atoms with Crippen molar-refractivity contribution in [2.75, 3.05) is 20.1 Å². The summed E-state index contributed by atoms with van der Waals surface area (Å²) in [5.41, 5.74) is 7.01. The molecule has 100 valence electrons. The van der Waals surface area contributed by atoms with E-state index in [0.29, 0.717) is 12.6 Å². The van der Waals surface area contributed by atoms with E-state index in [-0.39, 0.29) is 5.92 Å². The summed E-state index contributed by atoms with van der Waals surface area (Å²) in [5, 5.41) is 1.47. The van der Waals surface area contributed by atoms with Crippen molar-refractivity contribution in [2.45, 2.75) is 31.2 Å². The Morgan fingerprint density at radius 3 is 2.56 bits per heavy atom. The molecule has 1 heterocycles. The number of nitrogens with zero attached hydrogens (tertiary/aromatic N) is 1. The van der Waals surface area contributed by atoms with Crippen molar-refractivity contribution in [3.63, 3.8) is 0 Å². The number of hydrogen-bond acceptors (Lipinski definition) is 2. The van der Waals surface area contributed by atoms with Crippen molar-refractivity contribution in [2.24, 2.45) is 5.73 Å². The molecule has 1 saturated heterocycles. The van der Waals surface area contributed by atoms with Crippen molar-refractivity contribution >= 4 is 23.2 Å². The number of hydrogen-bond donors (Lipinski definition) is 1. The summed E-state index contributed by atoms with van der Waals surface area (Å²) in [5.74, 6) is 0.219. The maximum Gasteiger partial charge on any atom is 0.0456 e. The first-order chi connectivity index (χ1) is 8.65. The molecular formula is C14H20Cl2N2. The fraction of sp³-hybridized carbons (Fsp3) is 0.571. The van der Waals surface area contributed by atoms with Gasteiger partial charge in [-0.15, -0.1) is 0 Å². The normalized spacial score (nSPS) is 23.0. The van der Waals surface area contributed by atoms with Gasteiger partial charge in [0.05, 0.1) is 0 Å². The van der Waals surface area contributed by atoms with E-state index in [1.165, 1.54) is 19.3 Å². The Labute approximate surface area is 119 Å². The average molecular weight is 287 g/mol. The lowest BCUT2D eigenvalue weighted by Gasteiger charge is -2.38. The molecule has 0 amide bonds. The van der Waals surface area contributed by atoms with E-state index in [0.717, 1.165) is 22.2 Å². The van der Waals surface area contributed by atoms with Gasteiger partial charge in [-0.3, -0.25) is 0 Å². The number of benzene rings is 1. The third-order valence-electron chi connectivity index (χ3n) is 3.92. The van der Waals surface area contributed by atoms with E-state index in [1.54, 1.807) is 0 Å². The summed E-state index contributed by atoms with van der Waals surface area (Å²) < 4.78 is 0. The molecule has 1 aliphatic heterocycles. The van der Waals surface area contributed by atoms with Gasteiger partial charge in [-0.2, -0.15) is 0 Å². The van der Waals surface area contributed by atoms with Crippen molar-refractivity contribution in [1.82, 2.24) is 4.90 Å². The van der Waals surface area contributed by atoms with Crippen molar-refractivity contribution in [1.29, 1.82) is 0 Å². The van der Waals surface area contributed by atoms with Crippen LogP contribution in [0.3, 0.4) is 0 Å². The highest BCUT2D eigenvalue weighted by molar-refractivity contribution is 6.36. The van der Waals surface area contributed by atoms with Gasteiger partial charge in [0.2, 0.25) is 0 Å². The maximum atomic E-state index is 6.31. The second-order valence-electron chi connectivity index (χ2n) is 5.02. The zero-order valence-electron chi connectivity index (χ0n) is 10.7. The minimum atomic E-state index is 0.219. The predicted molar refractivity (Wildman–Crippen MR) is 78.5 cm³/mol. The SMILES string of the molecule is CN1CCCCC1C(CN)c1c(Cl)cccc1Cl. The topological polar surface area (TPSA) is 29.3 Å². The van der Waals surface area contributed by atoms with E-state index >= 15 is 0 Å². The molecule has 0 bridgehead atoms. The Morgan fingerprint density at radius 2 is 2.00 bits per heavy atom. The molecule has 2 unspecified atom stereocenters. The molecule has 0 spiro atoms. The monoisotopic (exact) mass is 286 g/mol. The molecule has 2 atom stereocenters. The minimum Gasteiger partial charge on any atom is -0.330 e. The number of halogens is 2. The minimum absolute atomic E-state index is 0.219. The Morgan fingerprint density at radius 1 is 1.33 bits per heavy atom. The van der Waals surface area contributed by atoms with E-state index in [1.807, 2.05) is 18.2 Å². The molecule has 0 aliphatic carbocycles. The van der Waals surface area contributed by atoms with Crippen molar-refractivity contribution in [3.8, 4) is 0 Å². The third kappa shape index (κ3) is 2.83. The van der Waals surface area contributed by atoms with Crippen LogP contribution in [-0.4, -0.2) is 31.1 Å². The van der Waals surface area contributed by atoms with Gasteiger partial charge in [-0.25, -0.2) is 0 Å². The lowest BCUT2D eigenvalue weighted by Crippen LogP contribution is -2.43. The van der Waals surface area contributed by atoms with Crippen LogP contribution >= 0.6 is 23.2 Å². The third-order valence-corrected chi connectivity index (χ3v) is 4.57. The summed E-state index contributed by atoms with van der Waals surface area (Å²) in [4.78, 5) is 2.39. The van der Waals surface area contributed by atoms with Crippen LogP contribution in [0.4, 0.5) is 0 Å². The molecule has 0 saturated carbocycles. The zero-order valence-corrected chi connectivity index (χ0v) is 12.2. The lowest BCUT2D eigenvalue weighted by atomic mass is 9.85. The zero-order chi connectivity index (χ0) is 13.1. The first-order valence-corrected chi connectivity index (χ1v) is 7.25. The highest BCUT2D eigenvalue weighted by Crippen LogP contribution is 2.36. The molecule has 1 aromatic carbocycles. The van der Waals surface area contributed by atoms with Crippen molar-refractivity contribution in [3.05, 3.63) is 33.8 Å². The van der Waals surface area contributed by atoms with Crippen LogP contribution in [-0.2, 0) is 0 Å². The highest BCUT2D eigenvalue weighted by Gasteiger charge is 2.30. The van der Waals surface area contributed by atoms with E-state index < -0.39 is 0 Å². The number of nitrogens with two attached hydrogens (primary N) is 1. The quantitative estimate of drug-likeness (QED) is 0.921. The van der Waals surface area contributed by atoms with Gasteiger partial charge >= 0.3 is 0 Å². The van der Waals surface area contributed by atoms with E-state index in [9.17, 15) is 0 Å². The number of likely N-dealkylation sites (N-methyl/N-ethyl adjacent to an activating group) is 1. The number of rotatable bonds is 3. The van der Waals surface area contributed by atoms with Crippen LogP contribution in [0.5, 0.6) is 0 Å². The number of piperidine rings is 1. The van der Waals surface area contributed by atoms with E-state index in [2.05, 4.69) is 11.9 Å². The number of likely N-dealkylation sites (tertiary alicyclic amines) is 1. The van der Waals surface area contributed by atoms with Gasteiger partial charge in [0.25, 0.3) is 0 Å². The van der Waals surface area contributed by atoms with Gasteiger partial charge in [0, 0.05) is 28.5 Å². The fourth-order valence-electron chi connectivity index (χ4n) is 2.94. The second kappa shape index (κ2) is 6.25. The van der Waals surface area contributed by atoms with Crippen molar-refractivity contribution < 1.29 is 0 Å². The Bertz CT molecular complexity index is 389. The second-order valence-corrected chi connectivity index (χ2v) is 5.84. The predicted octanol–water partition coefficient (Wildman–Crippen LogP) is 3.52. The molecular weight excluding hydrogens is 267 g/mol. The Kier molecular flexibility index (Phi) is 4.91. The largest absolute Gasteiger partial charge is 0.330 e. The first kappa shape index (κ1) is 14.1. The van der Waals surface area contributed by atoms with Crippen LogP contribution in [0.1, 0.15) is 30.7 Å². The molecule has 1 aromatic rings. The molecule has 2 N–H and O–H groups in total. The van der Waals surface area contributed by atoms with Gasteiger partial charge < -0.3 is 10.6 Å². The summed E-state index contributed by atoms with van der Waals surface area (Å²) >= 11 is 12.6. The summed E-state index contributed by atoms with van der Waals surface area (Å²) in [6.07, 6.45) is 3.69. The average Bonchev–Trinajstić information content (AvgIpc) is 2.35. The van der Waals surface area contributed by atoms with Gasteiger partial charge in [0.15, 0.2) is 0 Å². The maximum absolute atomic E-state index is 6.31. The molecule has 0 aromatic heterocycles. The van der Waals surface area contributed by atoms with Gasteiger partial charge in [-0.05, 0) is 44.1 Å². The van der Waals surface area contributed by atoms with Gasteiger partial charge in [0.1, 0.15) is 0 Å². The van der Waals surface area contributed by atoms with Crippen LogP contribution in [0.2, 0.25) is 10.0 Å². The van der Waals surface area contributed by atoms with Crippen LogP contribution < -0.4 is 5.73 Å². The Balaban J connectivity index is 2.32. The smallest absolute Gasteiger partial charge is 0.0456 e. The van der Waals surface area contributed by atoms with Crippen LogP contribution in [0.15, 0.2) is 18.2 Å². The molecule has 1 fully saturated rings. The lowest BCUT2D eigenvalue weighted by molar-refractivity contribution is 0.160. The van der Waals surface area contributed by atoms with E-state index in [4.69, 9.17) is 28.9 Å². The summed E-state index contributed by atoms with van der Waals surface area (Å²) in [6.45, 7) is 1.71. The molecule has 1 aliphatic rings. The molecule has 2 rings (SSSR count). The standard InChI is InChI=1S/C14H20Cl2N2/c1-18-8-3-2-7-13(18)10(9-17)14-11(15)5-4-6-12(14)16/h4-6,10,13H,2-3,7-9,17H2,1H3. The summed E-state index contributed by atoms with van der Waals surface area (Å²) in [6, 6.07) is 6.12. The highest BCUT2D eigenvalue weighted by atomic mass is 35.5. The van der Waals surface area contributed by atoms with Crippen LogP contribution in [0.25, 0.3) is 0 Å². The fourth-order valence-corrected chi connectivity index (χ4v) is 3.62. The van der Waals surface area contributed by atoms with Crippen LogP contribution in [0, 0.1) is 0 Å². The summed E-state index contributed by atoms with van der Waals surface area (Å²) in [7, 11) is 2.16. The molecule has 0 radical (unpaired) electrons. The van der Waals surface area contributed by atoms with Gasteiger partial charge in [-0.1, -0.05) is 35.7 Å². The Hall–Kier alpha value is -0.280. The first-order valence-electron chi connectivity index (χ1n) is 6.49. The molecule has 4 heteroatoms. The molecule has 2 nitrogen and oxygen atoms in total. The molecule has 18 heavy (non-hydrogen) atoms.